The van der Waals surface area contributed by atoms with Crippen molar-refractivity contribution in [3.63, 3.8) is 0 Å². The van der Waals surface area contributed by atoms with Crippen LogP contribution >= 0.6 is 0 Å². The van der Waals surface area contributed by atoms with Crippen molar-refractivity contribution in [2.45, 2.75) is 57.1 Å². The maximum absolute atomic E-state index is 12.3. The van der Waals surface area contributed by atoms with E-state index in [1.165, 1.54) is 19.3 Å². The molecule has 164 valence electrons. The van der Waals surface area contributed by atoms with Crippen molar-refractivity contribution in [2.24, 2.45) is 0 Å². The van der Waals surface area contributed by atoms with Gasteiger partial charge in [0.15, 0.2) is 0 Å². The summed E-state index contributed by atoms with van der Waals surface area (Å²) < 4.78 is 5.91. The molecule has 0 radical (unpaired) electrons. The number of piperidine rings is 1. The molecule has 0 spiro atoms. The molecule has 9 heteroatoms. The van der Waals surface area contributed by atoms with Crippen LogP contribution < -0.4 is 5.32 Å². The lowest BCUT2D eigenvalue weighted by Gasteiger charge is -2.29. The van der Waals surface area contributed by atoms with E-state index in [0.29, 0.717) is 6.10 Å². The highest BCUT2D eigenvalue weighted by atomic mass is 16.5. The van der Waals surface area contributed by atoms with E-state index < -0.39 is 0 Å². The van der Waals surface area contributed by atoms with Crippen molar-refractivity contribution in [1.82, 2.24) is 15.1 Å². The second-order valence-electron chi connectivity index (χ2n) is 7.07. The molecule has 2 heterocycles. The Morgan fingerprint density at radius 2 is 1.64 bits per heavy atom. The fourth-order valence-electron chi connectivity index (χ4n) is 3.39. The molecule has 2 saturated heterocycles. The number of nitrogens with one attached hydrogen (secondary N) is 1. The molecule has 0 aromatic heterocycles. The van der Waals surface area contributed by atoms with Crippen LogP contribution in [0.25, 0.3) is 0 Å². The Hall–Kier alpha value is -1.71. The van der Waals surface area contributed by atoms with Gasteiger partial charge in [0.25, 0.3) is 12.9 Å². The minimum absolute atomic E-state index is 0.0669. The van der Waals surface area contributed by atoms with Crippen LogP contribution in [0.1, 0.15) is 44.9 Å². The van der Waals surface area contributed by atoms with Crippen LogP contribution in [0.3, 0.4) is 0 Å². The third kappa shape index (κ3) is 12.6. The SMILES string of the molecule is CN1CCC(OCCCNC(=O)C2CCCCCN2C)CC1.O=CO.O=CO. The molecule has 2 rings (SSSR count). The number of rotatable bonds is 6. The number of hydrogen-bond donors (Lipinski definition) is 3. The monoisotopic (exact) mass is 403 g/mol. The van der Waals surface area contributed by atoms with Crippen LogP contribution in [0.2, 0.25) is 0 Å². The maximum Gasteiger partial charge on any atom is 0.290 e. The van der Waals surface area contributed by atoms with Gasteiger partial charge in [-0.25, -0.2) is 0 Å². The molecule has 2 aliphatic heterocycles. The number of likely N-dealkylation sites (N-methyl/N-ethyl adjacent to an activating group) is 1. The van der Waals surface area contributed by atoms with Gasteiger partial charge in [0.2, 0.25) is 5.91 Å². The third-order valence-electron chi connectivity index (χ3n) is 4.96. The summed E-state index contributed by atoms with van der Waals surface area (Å²) >= 11 is 0. The Morgan fingerprint density at radius 1 is 1.04 bits per heavy atom. The molecule has 0 aliphatic carbocycles. The first-order chi connectivity index (χ1) is 13.5. The van der Waals surface area contributed by atoms with Gasteiger partial charge in [-0.15, -0.1) is 0 Å². The molecule has 2 fully saturated rings. The zero-order chi connectivity index (χ0) is 21.2. The average molecular weight is 404 g/mol. The summed E-state index contributed by atoms with van der Waals surface area (Å²) in [5.74, 6) is 0.198. The Balaban J connectivity index is 0.00000108. The lowest BCUT2D eigenvalue weighted by Crippen LogP contribution is -2.45. The fourth-order valence-corrected chi connectivity index (χ4v) is 3.39. The van der Waals surface area contributed by atoms with Gasteiger partial charge in [0.05, 0.1) is 12.1 Å². The minimum atomic E-state index is -0.250. The second-order valence-corrected chi connectivity index (χ2v) is 7.07. The molecule has 2 aliphatic rings. The fraction of sp³-hybridized carbons (Fsp3) is 0.842. The van der Waals surface area contributed by atoms with Crippen molar-refractivity contribution < 1.29 is 29.3 Å². The molecule has 1 atom stereocenters. The number of hydrogen-bond acceptors (Lipinski definition) is 6. The summed E-state index contributed by atoms with van der Waals surface area (Å²) in [7, 11) is 4.23. The molecular formula is C19H37N3O6. The van der Waals surface area contributed by atoms with Crippen molar-refractivity contribution in [3.8, 4) is 0 Å². The molecule has 1 amide bonds. The molecule has 9 nitrogen and oxygen atoms in total. The summed E-state index contributed by atoms with van der Waals surface area (Å²) in [4.78, 5) is 33.5. The van der Waals surface area contributed by atoms with E-state index in [9.17, 15) is 4.79 Å². The number of amides is 1. The Kier molecular flexibility index (Phi) is 16.3. The Labute approximate surface area is 168 Å². The predicted molar refractivity (Wildman–Crippen MR) is 106 cm³/mol. The first-order valence-electron chi connectivity index (χ1n) is 9.93. The quantitative estimate of drug-likeness (QED) is 0.442. The molecule has 1 unspecified atom stereocenters. The minimum Gasteiger partial charge on any atom is -0.483 e. The van der Waals surface area contributed by atoms with Crippen LogP contribution in [-0.4, -0.2) is 97.9 Å². The summed E-state index contributed by atoms with van der Waals surface area (Å²) in [5, 5.41) is 16.9. The average Bonchev–Trinajstić information content (AvgIpc) is 2.88. The number of ether oxygens (including phenoxy) is 1. The van der Waals surface area contributed by atoms with E-state index in [2.05, 4.69) is 29.2 Å². The van der Waals surface area contributed by atoms with Crippen LogP contribution in [0.15, 0.2) is 0 Å². The zero-order valence-electron chi connectivity index (χ0n) is 17.2. The first-order valence-corrected chi connectivity index (χ1v) is 9.93. The normalized spacial score (nSPS) is 21.1. The van der Waals surface area contributed by atoms with Gasteiger partial charge in [-0.3, -0.25) is 19.3 Å². The third-order valence-corrected chi connectivity index (χ3v) is 4.96. The van der Waals surface area contributed by atoms with Crippen LogP contribution in [-0.2, 0) is 19.1 Å². The highest BCUT2D eigenvalue weighted by Gasteiger charge is 2.24. The van der Waals surface area contributed by atoms with Crippen molar-refractivity contribution in [3.05, 3.63) is 0 Å². The molecule has 0 bridgehead atoms. The van der Waals surface area contributed by atoms with Crippen LogP contribution in [0.4, 0.5) is 0 Å². The summed E-state index contributed by atoms with van der Waals surface area (Å²) in [6.45, 7) is 4.30. The molecule has 28 heavy (non-hydrogen) atoms. The number of likely N-dealkylation sites (tertiary alicyclic amines) is 2. The highest BCUT2D eigenvalue weighted by molar-refractivity contribution is 5.81. The van der Waals surface area contributed by atoms with Gasteiger partial charge in [0.1, 0.15) is 0 Å². The van der Waals surface area contributed by atoms with Gasteiger partial charge < -0.3 is 25.2 Å². The maximum atomic E-state index is 12.3. The topological polar surface area (TPSA) is 119 Å². The highest BCUT2D eigenvalue weighted by Crippen LogP contribution is 2.15. The number of carbonyl (C=O) groups excluding carboxylic acids is 1. The van der Waals surface area contributed by atoms with E-state index >= 15 is 0 Å². The predicted octanol–water partition coefficient (Wildman–Crippen LogP) is 0.880. The first kappa shape index (κ1) is 26.3. The van der Waals surface area contributed by atoms with Crippen molar-refractivity contribution in [1.29, 1.82) is 0 Å². The smallest absolute Gasteiger partial charge is 0.290 e. The van der Waals surface area contributed by atoms with Gasteiger partial charge in [-0.05, 0) is 52.7 Å². The van der Waals surface area contributed by atoms with Gasteiger partial charge in [-0.2, -0.15) is 0 Å². The lowest BCUT2D eigenvalue weighted by molar-refractivity contribution is -0.126. The zero-order valence-corrected chi connectivity index (χ0v) is 17.2. The summed E-state index contributed by atoms with van der Waals surface area (Å²) in [6, 6.07) is 0.0669. The largest absolute Gasteiger partial charge is 0.483 e. The van der Waals surface area contributed by atoms with Gasteiger partial charge >= 0.3 is 0 Å². The van der Waals surface area contributed by atoms with Gasteiger partial charge in [-0.1, -0.05) is 12.8 Å². The van der Waals surface area contributed by atoms with E-state index in [1.807, 2.05) is 0 Å². The van der Waals surface area contributed by atoms with E-state index in [1.54, 1.807) is 0 Å². The van der Waals surface area contributed by atoms with E-state index in [-0.39, 0.29) is 24.9 Å². The molecule has 0 saturated carbocycles. The summed E-state index contributed by atoms with van der Waals surface area (Å²) in [5.41, 5.74) is 0. The van der Waals surface area contributed by atoms with Crippen LogP contribution in [0, 0.1) is 0 Å². The van der Waals surface area contributed by atoms with E-state index in [4.69, 9.17) is 24.5 Å². The lowest BCUT2D eigenvalue weighted by atomic mass is 10.1. The molecular weight excluding hydrogens is 366 g/mol. The molecule has 0 aromatic rings. The Bertz CT molecular complexity index is 410. The van der Waals surface area contributed by atoms with Crippen molar-refractivity contribution >= 4 is 18.9 Å². The van der Waals surface area contributed by atoms with E-state index in [0.717, 1.165) is 58.5 Å². The molecule has 0 aromatic carbocycles. The summed E-state index contributed by atoms with van der Waals surface area (Å²) in [6.07, 6.45) is 8.22. The second kappa shape index (κ2) is 17.4. The standard InChI is InChI=1S/C17H33N3O2.2CH2O2/c1-19-12-8-15(9-13-19)22-14-6-10-18-17(21)16-7-4-3-5-11-20(16)2;2*2-1-3/h15-16H,3-14H2,1-2H3,(H,18,21);2*1H,(H,2,3). The number of carbonyl (C=O) groups is 3. The van der Waals surface area contributed by atoms with Crippen molar-refractivity contribution in [2.75, 3.05) is 46.9 Å². The molecule has 3 N–H and O–H groups in total. The number of carboxylic acid groups (broad SMARTS) is 2. The van der Waals surface area contributed by atoms with Crippen LogP contribution in [0.5, 0.6) is 0 Å². The van der Waals surface area contributed by atoms with Gasteiger partial charge in [0, 0.05) is 26.2 Å². The Morgan fingerprint density at radius 3 is 2.25 bits per heavy atom. The number of nitrogens with zero attached hydrogens (tertiary/aromatic N) is 2.